The minimum Gasteiger partial charge on any atom is -0.495 e. The molecule has 1 amide bonds. The molecule has 22 heavy (non-hydrogen) atoms. The molecule has 0 radical (unpaired) electrons. The Labute approximate surface area is 138 Å². The number of carbonyl (C=O) groups is 1. The second kappa shape index (κ2) is 5.98. The zero-order chi connectivity index (χ0) is 15.7. The minimum absolute atomic E-state index is 0.199. The lowest BCUT2D eigenvalue weighted by Crippen LogP contribution is -2.10. The van der Waals surface area contributed by atoms with E-state index in [0.29, 0.717) is 26.8 Å². The number of fused-ring (bicyclic) bond motifs is 1. The smallest absolute Gasteiger partial charge is 0.293 e. The Balaban J connectivity index is 1.96. The van der Waals surface area contributed by atoms with E-state index in [1.165, 1.54) is 11.3 Å². The predicted molar refractivity (Wildman–Crippen MR) is 87.1 cm³/mol. The second-order valence-corrected chi connectivity index (χ2v) is 6.01. The van der Waals surface area contributed by atoms with Crippen molar-refractivity contribution in [2.24, 2.45) is 0 Å². The molecule has 0 aliphatic heterocycles. The molecule has 1 N–H and O–H groups in total. The van der Waals surface area contributed by atoms with Crippen LogP contribution in [0.3, 0.4) is 0 Å². The number of hydrogen-bond donors (Lipinski definition) is 1. The summed E-state index contributed by atoms with van der Waals surface area (Å²) in [5, 5.41) is 3.15. The summed E-state index contributed by atoms with van der Waals surface area (Å²) in [7, 11) is 3.15. The van der Waals surface area contributed by atoms with Crippen LogP contribution in [0.15, 0.2) is 33.4 Å². The number of nitrogens with one attached hydrogen (secondary N) is 1. The fourth-order valence-corrected chi connectivity index (χ4v) is 3.21. The third kappa shape index (κ3) is 2.67. The minimum atomic E-state index is -0.373. The molecule has 0 fully saturated rings. The first kappa shape index (κ1) is 14.9. The maximum absolute atomic E-state index is 12.1. The van der Waals surface area contributed by atoms with Crippen molar-refractivity contribution in [3.8, 4) is 11.5 Å². The third-order valence-corrected chi connectivity index (χ3v) is 4.34. The summed E-state index contributed by atoms with van der Waals surface area (Å²) in [6.45, 7) is 0. The van der Waals surface area contributed by atoms with Crippen molar-refractivity contribution in [2.45, 2.75) is 0 Å². The summed E-state index contributed by atoms with van der Waals surface area (Å²) < 4.78 is 17.1. The summed E-state index contributed by atoms with van der Waals surface area (Å²) in [4.78, 5) is 16.5. The molecule has 0 bridgehead atoms. The summed E-state index contributed by atoms with van der Waals surface area (Å²) in [5.41, 5.74) is 0.641. The molecular weight excluding hydrogens is 372 g/mol. The molecule has 2 aromatic heterocycles. The Morgan fingerprint density at radius 3 is 2.59 bits per heavy atom. The van der Waals surface area contributed by atoms with Crippen LogP contribution in [0.1, 0.15) is 10.6 Å². The summed E-state index contributed by atoms with van der Waals surface area (Å²) in [6, 6.07) is 6.80. The van der Waals surface area contributed by atoms with Gasteiger partial charge in [-0.1, -0.05) is 11.3 Å². The van der Waals surface area contributed by atoms with Crippen LogP contribution in [-0.2, 0) is 0 Å². The summed E-state index contributed by atoms with van der Waals surface area (Å²) in [6.07, 6.45) is 0. The molecule has 0 aliphatic rings. The van der Waals surface area contributed by atoms with Crippen LogP contribution < -0.4 is 14.8 Å². The largest absolute Gasteiger partial charge is 0.495 e. The number of nitrogens with zero attached hydrogens (tertiary/aromatic N) is 1. The van der Waals surface area contributed by atoms with Gasteiger partial charge >= 0.3 is 0 Å². The van der Waals surface area contributed by atoms with E-state index in [1.54, 1.807) is 38.5 Å². The van der Waals surface area contributed by atoms with E-state index in [1.807, 2.05) is 0 Å². The number of halogens is 1. The molecule has 1 aromatic carbocycles. The zero-order valence-electron chi connectivity index (χ0n) is 11.7. The van der Waals surface area contributed by atoms with E-state index in [-0.39, 0.29) is 11.7 Å². The fraction of sp³-hybridized carbons (Fsp3) is 0.143. The first-order valence-electron chi connectivity index (χ1n) is 6.20. The Hall–Kier alpha value is -2.06. The number of aromatic nitrogens is 1. The number of furan rings is 1. The lowest BCUT2D eigenvalue weighted by molar-refractivity contribution is 0.0995. The van der Waals surface area contributed by atoms with Gasteiger partial charge in [0.1, 0.15) is 21.7 Å². The monoisotopic (exact) mass is 382 g/mol. The number of rotatable bonds is 4. The maximum atomic E-state index is 12.1. The van der Waals surface area contributed by atoms with Gasteiger partial charge in [-0.2, -0.15) is 0 Å². The highest BCUT2D eigenvalue weighted by Gasteiger charge is 2.17. The second-order valence-electron chi connectivity index (χ2n) is 4.22. The molecule has 0 atom stereocenters. The van der Waals surface area contributed by atoms with Gasteiger partial charge in [0.25, 0.3) is 5.91 Å². The van der Waals surface area contributed by atoms with Crippen LogP contribution >= 0.6 is 27.3 Å². The van der Waals surface area contributed by atoms with Crippen molar-refractivity contribution in [1.82, 2.24) is 4.98 Å². The van der Waals surface area contributed by atoms with Crippen molar-refractivity contribution in [1.29, 1.82) is 0 Å². The molecule has 8 heteroatoms. The normalized spacial score (nSPS) is 10.7. The van der Waals surface area contributed by atoms with Crippen LogP contribution in [-0.4, -0.2) is 25.1 Å². The number of thiazole rings is 1. The van der Waals surface area contributed by atoms with Gasteiger partial charge in [-0.25, -0.2) is 4.98 Å². The van der Waals surface area contributed by atoms with E-state index in [9.17, 15) is 4.79 Å². The van der Waals surface area contributed by atoms with E-state index in [0.717, 1.165) is 4.70 Å². The lowest BCUT2D eigenvalue weighted by Gasteiger charge is -2.03. The molecule has 114 valence electrons. The number of ether oxygens (including phenoxy) is 2. The topological polar surface area (TPSA) is 73.6 Å². The van der Waals surface area contributed by atoms with Crippen LogP contribution in [0.2, 0.25) is 0 Å². The number of hydrogen-bond acceptors (Lipinski definition) is 6. The Morgan fingerprint density at radius 2 is 1.95 bits per heavy atom. The van der Waals surface area contributed by atoms with Gasteiger partial charge in [0, 0.05) is 0 Å². The summed E-state index contributed by atoms with van der Waals surface area (Å²) >= 11 is 4.47. The number of anilines is 1. The van der Waals surface area contributed by atoms with Crippen LogP contribution in [0, 0.1) is 0 Å². The average Bonchev–Trinajstić information content (AvgIpc) is 3.12. The predicted octanol–water partition coefficient (Wildman–Crippen LogP) is 3.92. The first-order valence-corrected chi connectivity index (χ1v) is 7.81. The van der Waals surface area contributed by atoms with Crippen molar-refractivity contribution < 1.29 is 18.7 Å². The van der Waals surface area contributed by atoms with Gasteiger partial charge < -0.3 is 13.9 Å². The average molecular weight is 383 g/mol. The van der Waals surface area contributed by atoms with Gasteiger partial charge in [-0.05, 0) is 40.2 Å². The van der Waals surface area contributed by atoms with Crippen molar-refractivity contribution >= 4 is 48.5 Å². The van der Waals surface area contributed by atoms with Gasteiger partial charge in [0.15, 0.2) is 15.6 Å². The zero-order valence-corrected chi connectivity index (χ0v) is 14.1. The Bertz CT molecular complexity index is 802. The van der Waals surface area contributed by atoms with Gasteiger partial charge in [-0.3, -0.25) is 10.1 Å². The highest BCUT2D eigenvalue weighted by molar-refractivity contribution is 9.10. The number of amides is 1. The van der Waals surface area contributed by atoms with Crippen molar-refractivity contribution in [3.63, 3.8) is 0 Å². The van der Waals surface area contributed by atoms with Crippen LogP contribution in [0.4, 0.5) is 5.13 Å². The molecule has 2 heterocycles. The van der Waals surface area contributed by atoms with Crippen LogP contribution in [0.25, 0.3) is 10.2 Å². The fourth-order valence-electron chi connectivity index (χ4n) is 1.93. The lowest BCUT2D eigenvalue weighted by atomic mass is 10.3. The number of carbonyl (C=O) groups excluding carboxylic acids is 1. The molecule has 3 aromatic rings. The Kier molecular flexibility index (Phi) is 4.04. The van der Waals surface area contributed by atoms with Crippen molar-refractivity contribution in [3.05, 3.63) is 34.7 Å². The molecule has 0 spiro atoms. The van der Waals surface area contributed by atoms with Gasteiger partial charge in [0.05, 0.1) is 14.2 Å². The molecule has 0 saturated heterocycles. The highest BCUT2D eigenvalue weighted by Crippen LogP contribution is 2.38. The SMILES string of the molecule is COc1ccc(OC)c2sc(NC(=O)c3ccc(Br)o3)nc12. The third-order valence-electron chi connectivity index (χ3n) is 2.93. The molecule has 3 rings (SSSR count). The van der Waals surface area contributed by atoms with Gasteiger partial charge in [-0.15, -0.1) is 0 Å². The van der Waals surface area contributed by atoms with Crippen molar-refractivity contribution in [2.75, 3.05) is 19.5 Å². The van der Waals surface area contributed by atoms with E-state index < -0.39 is 0 Å². The molecule has 6 nitrogen and oxygen atoms in total. The highest BCUT2D eigenvalue weighted by atomic mass is 79.9. The number of benzene rings is 1. The van der Waals surface area contributed by atoms with Crippen LogP contribution in [0.5, 0.6) is 11.5 Å². The number of methoxy groups -OCH3 is 2. The van der Waals surface area contributed by atoms with Gasteiger partial charge in [0.2, 0.25) is 0 Å². The summed E-state index contributed by atoms with van der Waals surface area (Å²) in [5.74, 6) is 1.12. The first-order chi connectivity index (χ1) is 10.6. The molecular formula is C14H11BrN2O4S. The molecule has 0 unspecified atom stereocenters. The quantitative estimate of drug-likeness (QED) is 0.739. The molecule has 0 aliphatic carbocycles. The van der Waals surface area contributed by atoms with E-state index >= 15 is 0 Å². The van der Waals surface area contributed by atoms with E-state index in [2.05, 4.69) is 26.2 Å². The maximum Gasteiger partial charge on any atom is 0.293 e. The standard InChI is InChI=1S/C14H11BrN2O4S/c1-19-7-3-4-8(20-2)12-11(7)16-14(22-12)17-13(18)9-5-6-10(15)21-9/h3-6H,1-2H3,(H,16,17,18). The molecule has 0 saturated carbocycles. The Morgan fingerprint density at radius 1 is 1.23 bits per heavy atom. The van der Waals surface area contributed by atoms with E-state index in [4.69, 9.17) is 13.9 Å².